The van der Waals surface area contributed by atoms with Gasteiger partial charge in [-0.05, 0) is 7.05 Å². The first-order chi connectivity index (χ1) is 12.8. The molecule has 0 aliphatic heterocycles. The predicted molar refractivity (Wildman–Crippen MR) is 106 cm³/mol. The summed E-state index contributed by atoms with van der Waals surface area (Å²) in [7, 11) is 6.63. The first-order valence-corrected chi connectivity index (χ1v) is 10.5. The van der Waals surface area contributed by atoms with Gasteiger partial charge in [-0.1, -0.05) is 0 Å². The molecule has 0 bridgehead atoms. The van der Waals surface area contributed by atoms with Crippen LogP contribution < -0.4 is 11.2 Å². The highest BCUT2D eigenvalue weighted by Gasteiger charge is 2.26. The summed E-state index contributed by atoms with van der Waals surface area (Å²) in [6.45, 7) is 1.42. The van der Waals surface area contributed by atoms with Crippen LogP contribution in [0.25, 0.3) is 11.2 Å². The van der Waals surface area contributed by atoms with Gasteiger partial charge in [-0.15, -0.1) is 0 Å². The first-order valence-electron chi connectivity index (χ1n) is 8.95. The molecule has 0 aliphatic rings. The summed E-state index contributed by atoms with van der Waals surface area (Å²) in [5.41, 5.74) is -0.363. The van der Waals surface area contributed by atoms with Crippen LogP contribution >= 0.6 is 7.75 Å². The summed E-state index contributed by atoms with van der Waals surface area (Å²) in [6, 6.07) is 0. The van der Waals surface area contributed by atoms with Crippen molar-refractivity contribution in [1.29, 1.82) is 0 Å². The van der Waals surface area contributed by atoms with E-state index >= 15 is 0 Å². The Morgan fingerprint density at radius 2 is 1.89 bits per heavy atom. The lowest BCUT2D eigenvalue weighted by Gasteiger charge is -2.25. The minimum absolute atomic E-state index is 0.167. The lowest BCUT2D eigenvalue weighted by Crippen LogP contribution is -2.37. The molecule has 11 nitrogen and oxygen atoms in total. The molecule has 2 aromatic rings. The number of hydrogen-bond donors (Lipinski definition) is 1. The van der Waals surface area contributed by atoms with E-state index in [2.05, 4.69) is 4.98 Å². The maximum absolute atomic E-state index is 12.4. The van der Waals surface area contributed by atoms with Gasteiger partial charge >= 0.3 is 13.4 Å². The molecular weight excluding hydrogens is 387 g/mol. The second kappa shape index (κ2) is 8.30. The third-order valence-corrected chi connectivity index (χ3v) is 6.13. The van der Waals surface area contributed by atoms with Crippen LogP contribution in [0.4, 0.5) is 0 Å². The summed E-state index contributed by atoms with van der Waals surface area (Å²) in [6.07, 6.45) is 2.11. The molecule has 12 heteroatoms. The molecule has 0 amide bonds. The van der Waals surface area contributed by atoms with Gasteiger partial charge in [0.1, 0.15) is 0 Å². The molecule has 0 spiro atoms. The van der Waals surface area contributed by atoms with Crippen molar-refractivity contribution in [3.05, 3.63) is 27.2 Å². The van der Waals surface area contributed by atoms with Gasteiger partial charge in [0, 0.05) is 33.6 Å². The Hall–Kier alpha value is -1.78. The van der Waals surface area contributed by atoms with Gasteiger partial charge in [-0.2, -0.15) is 0 Å². The molecule has 1 atom stereocenters. The van der Waals surface area contributed by atoms with Gasteiger partial charge in [-0.3, -0.25) is 18.5 Å². The number of quaternary nitrogens is 1. The summed E-state index contributed by atoms with van der Waals surface area (Å²) >= 11 is 0. The minimum Gasteiger partial charge on any atom is -0.331 e. The minimum atomic E-state index is -3.93. The molecule has 1 N–H and O–H groups in total. The van der Waals surface area contributed by atoms with Crippen molar-refractivity contribution in [2.75, 3.05) is 47.9 Å². The van der Waals surface area contributed by atoms with E-state index in [1.807, 2.05) is 21.1 Å². The Morgan fingerprint density at radius 3 is 2.50 bits per heavy atom. The Kier molecular flexibility index (Phi) is 6.67. The lowest BCUT2D eigenvalue weighted by molar-refractivity contribution is -0.870. The number of fused-ring (bicyclic) bond motifs is 1. The van der Waals surface area contributed by atoms with Crippen LogP contribution in [0.1, 0.15) is 6.42 Å². The molecule has 158 valence electrons. The van der Waals surface area contributed by atoms with E-state index in [-0.39, 0.29) is 30.9 Å². The lowest BCUT2D eigenvalue weighted by atomic mass is 10.4. The fourth-order valence-electron chi connectivity index (χ4n) is 2.77. The van der Waals surface area contributed by atoms with Crippen LogP contribution in [0.3, 0.4) is 0 Å². The molecule has 0 saturated carbocycles. The highest BCUT2D eigenvalue weighted by atomic mass is 31.2. The van der Waals surface area contributed by atoms with Crippen LogP contribution in [-0.4, -0.2) is 80.6 Å². The number of aromatic nitrogens is 4. The van der Waals surface area contributed by atoms with Gasteiger partial charge in [0.05, 0.1) is 40.6 Å². The molecule has 0 fully saturated rings. The van der Waals surface area contributed by atoms with Crippen molar-refractivity contribution < 1.29 is 18.5 Å². The number of imidazole rings is 1. The van der Waals surface area contributed by atoms with E-state index in [0.29, 0.717) is 6.42 Å². The van der Waals surface area contributed by atoms with Gasteiger partial charge in [0.15, 0.2) is 11.2 Å². The highest BCUT2D eigenvalue weighted by molar-refractivity contribution is 7.50. The van der Waals surface area contributed by atoms with Crippen molar-refractivity contribution in [3.63, 3.8) is 0 Å². The number of aryl methyl sites for hydroxylation is 1. The largest absolute Gasteiger partial charge is 0.405 e. The number of rotatable bonds is 9. The van der Waals surface area contributed by atoms with Gasteiger partial charge in [-0.25, -0.2) is 19.0 Å². The second-order valence-corrected chi connectivity index (χ2v) is 9.81. The topological polar surface area (TPSA) is 112 Å². The fourth-order valence-corrected chi connectivity index (χ4v) is 3.67. The molecule has 2 rings (SSSR count). The van der Waals surface area contributed by atoms with E-state index < -0.39 is 19.0 Å². The number of likely N-dealkylation sites (N-methyl/N-ethyl adjacent to an activating group) is 1. The summed E-state index contributed by atoms with van der Waals surface area (Å²) in [5.74, 6) is 0. The first kappa shape index (κ1) is 22.5. The molecule has 0 radical (unpaired) electrons. The Labute approximate surface area is 163 Å². The molecule has 28 heavy (non-hydrogen) atoms. The fraction of sp³-hybridized carbons (Fsp3) is 0.688. The zero-order chi connectivity index (χ0) is 21.3. The molecule has 0 aliphatic carbocycles. The maximum Gasteiger partial charge on any atom is 0.405 e. The van der Waals surface area contributed by atoms with Gasteiger partial charge in [0.25, 0.3) is 5.56 Å². The van der Waals surface area contributed by atoms with E-state index in [1.54, 1.807) is 11.6 Å². The molecule has 2 heterocycles. The predicted octanol–water partition coefficient (Wildman–Crippen LogP) is -0.421. The second-order valence-electron chi connectivity index (χ2n) is 7.89. The maximum atomic E-state index is 12.4. The SMILES string of the molecule is CN(CCn1cnc2c1c(=O)n(C)c(=O)n2C)P(=O)(O)OCCC[N+](C)(C)C. The summed E-state index contributed by atoms with van der Waals surface area (Å²) < 4.78 is 23.5. The zero-order valence-corrected chi connectivity index (χ0v) is 18.2. The summed E-state index contributed by atoms with van der Waals surface area (Å²) in [5, 5.41) is 0. The average molecular weight is 417 g/mol. The van der Waals surface area contributed by atoms with Gasteiger partial charge in [0.2, 0.25) is 0 Å². The Morgan fingerprint density at radius 1 is 1.25 bits per heavy atom. The third kappa shape index (κ3) is 4.98. The molecule has 1 unspecified atom stereocenters. The van der Waals surface area contributed by atoms with E-state index in [4.69, 9.17) is 4.52 Å². The van der Waals surface area contributed by atoms with Crippen LogP contribution in [0.5, 0.6) is 0 Å². The van der Waals surface area contributed by atoms with Crippen molar-refractivity contribution in [3.8, 4) is 0 Å². The average Bonchev–Trinajstić information content (AvgIpc) is 3.03. The summed E-state index contributed by atoms with van der Waals surface area (Å²) in [4.78, 5) is 38.7. The standard InChI is InChI=1S/C16H29N6O5P/c1-18(28(25,26)27-11-7-10-22(4,5)6)8-9-21-12-17-14-13(21)15(23)20(3)16(24)19(14)2/h12H,7-11H2,1-6H3/p+1. The monoisotopic (exact) mass is 417 g/mol. The Balaban J connectivity index is 2.06. The van der Waals surface area contributed by atoms with Crippen LogP contribution in [0.15, 0.2) is 15.9 Å². The van der Waals surface area contributed by atoms with Crippen molar-refractivity contribution in [2.45, 2.75) is 13.0 Å². The normalized spacial score (nSPS) is 14.7. The van der Waals surface area contributed by atoms with Crippen molar-refractivity contribution >= 4 is 18.9 Å². The van der Waals surface area contributed by atoms with Crippen molar-refractivity contribution in [1.82, 2.24) is 23.4 Å². The van der Waals surface area contributed by atoms with Crippen molar-refractivity contribution in [2.24, 2.45) is 14.1 Å². The van der Waals surface area contributed by atoms with E-state index in [9.17, 15) is 19.0 Å². The molecule has 0 aromatic carbocycles. The van der Waals surface area contributed by atoms with E-state index in [0.717, 1.165) is 15.6 Å². The molecular formula is C16H30N6O5P+. The number of hydrogen-bond acceptors (Lipinski definition) is 5. The van der Waals surface area contributed by atoms with Crippen LogP contribution in [-0.2, 0) is 29.7 Å². The van der Waals surface area contributed by atoms with Gasteiger partial charge < -0.3 is 13.9 Å². The third-order valence-electron chi connectivity index (χ3n) is 4.55. The van der Waals surface area contributed by atoms with E-state index in [1.165, 1.54) is 29.7 Å². The molecule has 0 saturated heterocycles. The zero-order valence-electron chi connectivity index (χ0n) is 17.3. The van der Waals surface area contributed by atoms with Crippen LogP contribution in [0, 0.1) is 0 Å². The Bertz CT molecular complexity index is 1000. The smallest absolute Gasteiger partial charge is 0.331 e. The van der Waals surface area contributed by atoms with Crippen LogP contribution in [0.2, 0.25) is 0 Å². The molecule has 2 aromatic heterocycles. The number of nitrogens with zero attached hydrogens (tertiary/aromatic N) is 6. The highest BCUT2D eigenvalue weighted by Crippen LogP contribution is 2.44. The quantitative estimate of drug-likeness (QED) is 0.335.